The first-order chi connectivity index (χ1) is 12.0. The standard InChI is InChI=1S/C17H18ClN5O2/c1-10(9-19-16(24)13-11(2)21-23(3)14(13)18)17-20-15(22-25-17)12-7-5-4-6-8-12/h4-8,10H,9H2,1-3H3,(H,19,24)/t10-/m1/s1. The van der Waals surface area contributed by atoms with Crippen molar-refractivity contribution in [1.29, 1.82) is 0 Å². The lowest BCUT2D eigenvalue weighted by Gasteiger charge is -2.08. The van der Waals surface area contributed by atoms with Crippen LogP contribution in [0.2, 0.25) is 5.15 Å². The minimum atomic E-state index is -0.273. The number of hydrogen-bond donors (Lipinski definition) is 1. The summed E-state index contributed by atoms with van der Waals surface area (Å²) >= 11 is 6.11. The number of halogens is 1. The van der Waals surface area contributed by atoms with Gasteiger partial charge >= 0.3 is 0 Å². The van der Waals surface area contributed by atoms with E-state index in [1.165, 1.54) is 4.68 Å². The van der Waals surface area contributed by atoms with E-state index in [2.05, 4.69) is 20.6 Å². The Morgan fingerprint density at radius 3 is 2.72 bits per heavy atom. The van der Waals surface area contributed by atoms with E-state index in [-0.39, 0.29) is 11.8 Å². The summed E-state index contributed by atoms with van der Waals surface area (Å²) < 4.78 is 6.79. The van der Waals surface area contributed by atoms with Crippen LogP contribution in [0.15, 0.2) is 34.9 Å². The Bertz CT molecular complexity index is 888. The van der Waals surface area contributed by atoms with E-state index >= 15 is 0 Å². The van der Waals surface area contributed by atoms with Gasteiger partial charge in [-0.25, -0.2) is 0 Å². The third-order valence-corrected chi connectivity index (χ3v) is 4.28. The van der Waals surface area contributed by atoms with E-state index in [0.717, 1.165) is 5.56 Å². The number of aryl methyl sites for hydroxylation is 2. The van der Waals surface area contributed by atoms with Gasteiger partial charge in [0.1, 0.15) is 5.15 Å². The van der Waals surface area contributed by atoms with Gasteiger partial charge in [0.15, 0.2) is 0 Å². The van der Waals surface area contributed by atoms with Crippen molar-refractivity contribution in [2.24, 2.45) is 7.05 Å². The third kappa shape index (κ3) is 3.56. The van der Waals surface area contributed by atoms with Gasteiger partial charge in [0.2, 0.25) is 11.7 Å². The molecule has 2 aromatic heterocycles. The smallest absolute Gasteiger partial charge is 0.256 e. The van der Waals surface area contributed by atoms with E-state index in [9.17, 15) is 4.79 Å². The minimum Gasteiger partial charge on any atom is -0.351 e. The summed E-state index contributed by atoms with van der Waals surface area (Å²) in [5.74, 6) is 0.586. The predicted molar refractivity (Wildman–Crippen MR) is 93.4 cm³/mol. The Labute approximate surface area is 150 Å². The normalized spacial score (nSPS) is 12.2. The van der Waals surface area contributed by atoms with Crippen LogP contribution in [0.5, 0.6) is 0 Å². The van der Waals surface area contributed by atoms with Gasteiger partial charge in [0.05, 0.1) is 17.2 Å². The fraction of sp³-hybridized carbons (Fsp3) is 0.294. The van der Waals surface area contributed by atoms with Crippen LogP contribution >= 0.6 is 11.6 Å². The van der Waals surface area contributed by atoms with E-state index in [0.29, 0.717) is 34.7 Å². The molecule has 0 aliphatic carbocycles. The van der Waals surface area contributed by atoms with Crippen molar-refractivity contribution in [2.45, 2.75) is 19.8 Å². The van der Waals surface area contributed by atoms with Gasteiger partial charge in [0.25, 0.3) is 5.91 Å². The average Bonchev–Trinajstić information content (AvgIpc) is 3.19. The molecule has 1 amide bonds. The Morgan fingerprint density at radius 1 is 1.36 bits per heavy atom. The Balaban J connectivity index is 1.66. The Kier molecular flexibility index (Phi) is 4.85. The lowest BCUT2D eigenvalue weighted by Crippen LogP contribution is -2.28. The van der Waals surface area contributed by atoms with Gasteiger partial charge in [-0.1, -0.05) is 54.0 Å². The first kappa shape index (κ1) is 17.2. The van der Waals surface area contributed by atoms with Crippen molar-refractivity contribution in [3.05, 3.63) is 52.6 Å². The van der Waals surface area contributed by atoms with Crippen molar-refractivity contribution >= 4 is 17.5 Å². The number of nitrogens with one attached hydrogen (secondary N) is 1. The summed E-state index contributed by atoms with van der Waals surface area (Å²) in [6.45, 7) is 3.99. The predicted octanol–water partition coefficient (Wildman–Crippen LogP) is 2.97. The van der Waals surface area contributed by atoms with Crippen molar-refractivity contribution in [3.8, 4) is 11.4 Å². The molecule has 8 heteroatoms. The van der Waals surface area contributed by atoms with Crippen molar-refractivity contribution in [2.75, 3.05) is 6.54 Å². The highest BCUT2D eigenvalue weighted by molar-refractivity contribution is 6.33. The molecule has 7 nitrogen and oxygen atoms in total. The van der Waals surface area contributed by atoms with Crippen LogP contribution in [-0.4, -0.2) is 32.4 Å². The molecule has 0 saturated heterocycles. The fourth-order valence-corrected chi connectivity index (χ4v) is 2.71. The maximum atomic E-state index is 12.3. The first-order valence-electron chi connectivity index (χ1n) is 7.83. The lowest BCUT2D eigenvalue weighted by molar-refractivity contribution is 0.0950. The van der Waals surface area contributed by atoms with Crippen LogP contribution in [-0.2, 0) is 7.05 Å². The van der Waals surface area contributed by atoms with Crippen LogP contribution in [0.3, 0.4) is 0 Å². The van der Waals surface area contributed by atoms with Crippen LogP contribution in [0.4, 0.5) is 0 Å². The van der Waals surface area contributed by atoms with Gasteiger partial charge in [-0.05, 0) is 6.92 Å². The third-order valence-electron chi connectivity index (χ3n) is 3.84. The average molecular weight is 360 g/mol. The van der Waals surface area contributed by atoms with Gasteiger partial charge in [0, 0.05) is 19.2 Å². The molecule has 1 aromatic carbocycles. The Hall–Kier alpha value is -2.67. The van der Waals surface area contributed by atoms with Gasteiger partial charge in [-0.15, -0.1) is 0 Å². The molecule has 0 aliphatic heterocycles. The second kappa shape index (κ2) is 7.06. The SMILES string of the molecule is Cc1nn(C)c(Cl)c1C(=O)NC[C@@H](C)c1nc(-c2ccccc2)no1. The highest BCUT2D eigenvalue weighted by atomic mass is 35.5. The number of aromatic nitrogens is 4. The molecule has 0 saturated carbocycles. The highest BCUT2D eigenvalue weighted by Crippen LogP contribution is 2.20. The number of amides is 1. The summed E-state index contributed by atoms with van der Waals surface area (Å²) in [6, 6.07) is 9.57. The monoisotopic (exact) mass is 359 g/mol. The van der Waals surface area contributed by atoms with Crippen LogP contribution in [0, 0.1) is 6.92 Å². The second-order valence-electron chi connectivity index (χ2n) is 5.81. The molecule has 130 valence electrons. The van der Waals surface area contributed by atoms with Crippen LogP contribution < -0.4 is 5.32 Å². The zero-order chi connectivity index (χ0) is 18.0. The van der Waals surface area contributed by atoms with Gasteiger partial charge < -0.3 is 9.84 Å². The number of nitrogens with zero attached hydrogens (tertiary/aromatic N) is 4. The maximum Gasteiger partial charge on any atom is 0.256 e. The molecule has 3 rings (SSSR count). The van der Waals surface area contributed by atoms with Crippen molar-refractivity contribution < 1.29 is 9.32 Å². The molecule has 0 aliphatic rings. The summed E-state index contributed by atoms with van der Waals surface area (Å²) in [4.78, 5) is 16.7. The van der Waals surface area contributed by atoms with E-state index in [4.69, 9.17) is 16.1 Å². The maximum absolute atomic E-state index is 12.3. The van der Waals surface area contributed by atoms with E-state index < -0.39 is 0 Å². The largest absolute Gasteiger partial charge is 0.351 e. The zero-order valence-electron chi connectivity index (χ0n) is 14.2. The topological polar surface area (TPSA) is 85.8 Å². The van der Waals surface area contributed by atoms with Gasteiger partial charge in [-0.3, -0.25) is 9.48 Å². The van der Waals surface area contributed by atoms with E-state index in [1.807, 2.05) is 37.3 Å². The molecule has 0 spiro atoms. The molecular formula is C17H18ClN5O2. The molecular weight excluding hydrogens is 342 g/mol. The molecule has 0 bridgehead atoms. The molecule has 3 aromatic rings. The van der Waals surface area contributed by atoms with Crippen LogP contribution in [0.25, 0.3) is 11.4 Å². The zero-order valence-corrected chi connectivity index (χ0v) is 14.9. The lowest BCUT2D eigenvalue weighted by atomic mass is 10.1. The number of carbonyl (C=O) groups excluding carboxylic acids is 1. The summed E-state index contributed by atoms with van der Waals surface area (Å²) in [5, 5.41) is 11.3. The summed E-state index contributed by atoms with van der Waals surface area (Å²) in [7, 11) is 1.69. The number of rotatable bonds is 5. The second-order valence-corrected chi connectivity index (χ2v) is 6.17. The molecule has 0 radical (unpaired) electrons. The van der Waals surface area contributed by atoms with Gasteiger partial charge in [-0.2, -0.15) is 10.1 Å². The summed E-state index contributed by atoms with van der Waals surface area (Å²) in [6.07, 6.45) is 0. The highest BCUT2D eigenvalue weighted by Gasteiger charge is 2.21. The molecule has 25 heavy (non-hydrogen) atoms. The number of hydrogen-bond acceptors (Lipinski definition) is 5. The van der Waals surface area contributed by atoms with E-state index in [1.54, 1.807) is 14.0 Å². The van der Waals surface area contributed by atoms with Crippen molar-refractivity contribution in [1.82, 2.24) is 25.2 Å². The molecule has 0 fully saturated rings. The summed E-state index contributed by atoms with van der Waals surface area (Å²) in [5.41, 5.74) is 1.85. The minimum absolute atomic E-state index is 0.135. The van der Waals surface area contributed by atoms with Crippen LogP contribution in [0.1, 0.15) is 34.8 Å². The number of benzene rings is 1. The Morgan fingerprint density at radius 2 is 2.08 bits per heavy atom. The molecule has 0 unspecified atom stereocenters. The van der Waals surface area contributed by atoms with Crippen molar-refractivity contribution in [3.63, 3.8) is 0 Å². The first-order valence-corrected chi connectivity index (χ1v) is 8.21. The number of carbonyl (C=O) groups is 1. The molecule has 1 atom stereocenters. The quantitative estimate of drug-likeness (QED) is 0.756. The molecule has 1 N–H and O–H groups in total. The molecule has 2 heterocycles. The fourth-order valence-electron chi connectivity index (χ4n) is 2.45.